The first-order chi connectivity index (χ1) is 20.4. The van der Waals surface area contributed by atoms with Crippen LogP contribution in [0, 0.1) is 0 Å². The smallest absolute Gasteiger partial charge is 0.326 e. The van der Waals surface area contributed by atoms with Crippen LogP contribution in [0.4, 0.5) is 0 Å². The van der Waals surface area contributed by atoms with Crippen molar-refractivity contribution in [3.05, 3.63) is 36.0 Å². The molecule has 0 aliphatic carbocycles. The van der Waals surface area contributed by atoms with E-state index in [-0.39, 0.29) is 38.2 Å². The zero-order valence-electron chi connectivity index (χ0n) is 23.9. The molecule has 0 saturated carbocycles. The van der Waals surface area contributed by atoms with E-state index in [9.17, 15) is 29.1 Å². The Morgan fingerprint density at radius 1 is 0.930 bits per heavy atom. The van der Waals surface area contributed by atoms with Crippen molar-refractivity contribution in [1.29, 1.82) is 0 Å². The van der Waals surface area contributed by atoms with E-state index in [1.54, 1.807) is 6.20 Å². The van der Waals surface area contributed by atoms with Crippen molar-refractivity contribution in [3.8, 4) is 0 Å². The first-order valence-corrected chi connectivity index (χ1v) is 15.0. The molecule has 236 valence electrons. The fourth-order valence-corrected chi connectivity index (χ4v) is 4.70. The van der Waals surface area contributed by atoms with Gasteiger partial charge in [0.15, 0.2) is 5.96 Å². The summed E-state index contributed by atoms with van der Waals surface area (Å²) in [6.45, 7) is 0.286. The number of nitrogens with two attached hydrogens (primary N) is 3. The van der Waals surface area contributed by atoms with Crippen molar-refractivity contribution in [1.82, 2.24) is 20.9 Å². The molecule has 2 aromatic rings. The average Bonchev–Trinajstić information content (AvgIpc) is 3.36. The van der Waals surface area contributed by atoms with Crippen LogP contribution in [0.15, 0.2) is 35.5 Å². The van der Waals surface area contributed by atoms with Gasteiger partial charge in [0.25, 0.3) is 0 Å². The summed E-state index contributed by atoms with van der Waals surface area (Å²) < 4.78 is 0. The Balaban J connectivity index is 2.25. The van der Waals surface area contributed by atoms with E-state index in [0.717, 1.165) is 10.9 Å². The lowest BCUT2D eigenvalue weighted by Gasteiger charge is -2.25. The number of H-pyrrole nitrogens is 1. The minimum Gasteiger partial charge on any atom is -0.481 e. The Morgan fingerprint density at radius 3 is 2.23 bits per heavy atom. The lowest BCUT2D eigenvalue weighted by molar-refractivity contribution is -0.143. The number of aliphatic imine (C=N–C) groups is 1. The first kappa shape index (κ1) is 34.9. The Morgan fingerprint density at radius 2 is 1.58 bits per heavy atom. The van der Waals surface area contributed by atoms with E-state index >= 15 is 0 Å². The molecule has 0 spiro atoms. The quantitative estimate of drug-likeness (QED) is 0.0535. The average molecular weight is 621 g/mol. The van der Waals surface area contributed by atoms with Gasteiger partial charge in [0.1, 0.15) is 18.1 Å². The van der Waals surface area contributed by atoms with Crippen molar-refractivity contribution in [2.75, 3.05) is 18.6 Å². The third-order valence-corrected chi connectivity index (χ3v) is 7.19. The molecule has 1 aromatic carbocycles. The number of carbonyl (C=O) groups excluding carboxylic acids is 3. The standard InChI is InChI=1S/C27H40N8O7S/c1-43-12-10-19(33-23(38)17(28)6-4-11-31-27(29)30)24(39)35-21(13-15-14-32-18-7-3-2-5-16(15)18)25(40)34-20(26(41)42)8-9-22(36)37/h2-3,5,7,14,17,19-21,32H,4,6,8-13,28H2,1H3,(H,33,38)(H,34,40)(H,35,39)(H,36,37)(H,41,42)(H4,29,30,31). The van der Waals surface area contributed by atoms with Gasteiger partial charge in [-0.15, -0.1) is 0 Å². The van der Waals surface area contributed by atoms with Crippen LogP contribution in [0.25, 0.3) is 10.9 Å². The summed E-state index contributed by atoms with van der Waals surface area (Å²) in [6.07, 6.45) is 3.61. The Bertz CT molecular complexity index is 1300. The zero-order chi connectivity index (χ0) is 31.9. The predicted octanol–water partition coefficient (Wildman–Crippen LogP) is -0.752. The number of guanidine groups is 1. The first-order valence-electron chi connectivity index (χ1n) is 13.6. The second-order valence-corrected chi connectivity index (χ2v) is 10.8. The maximum absolute atomic E-state index is 13.5. The highest BCUT2D eigenvalue weighted by molar-refractivity contribution is 7.98. The number of carbonyl (C=O) groups is 5. The van der Waals surface area contributed by atoms with Crippen molar-refractivity contribution in [2.24, 2.45) is 22.2 Å². The fourth-order valence-electron chi connectivity index (χ4n) is 4.23. The van der Waals surface area contributed by atoms with Crippen LogP contribution >= 0.6 is 11.8 Å². The van der Waals surface area contributed by atoms with Gasteiger partial charge in [-0.2, -0.15) is 11.8 Å². The van der Waals surface area contributed by atoms with Crippen LogP contribution in [-0.4, -0.2) is 93.5 Å². The molecule has 1 heterocycles. The lowest BCUT2D eigenvalue weighted by atomic mass is 10.0. The molecule has 1 aromatic heterocycles. The fraction of sp³-hybridized carbons (Fsp3) is 0.481. The van der Waals surface area contributed by atoms with Gasteiger partial charge in [-0.1, -0.05) is 18.2 Å². The summed E-state index contributed by atoms with van der Waals surface area (Å²) in [6, 6.07) is 2.61. The van der Waals surface area contributed by atoms with Gasteiger partial charge in [-0.25, -0.2) is 4.79 Å². The molecule has 3 amide bonds. The molecule has 0 bridgehead atoms. The molecule has 4 unspecified atom stereocenters. The van der Waals surface area contributed by atoms with Gasteiger partial charge in [0, 0.05) is 36.5 Å². The van der Waals surface area contributed by atoms with Crippen molar-refractivity contribution < 1.29 is 34.2 Å². The monoisotopic (exact) mass is 620 g/mol. The molecular formula is C27H40N8O7S. The van der Waals surface area contributed by atoms with E-state index in [1.807, 2.05) is 30.5 Å². The molecular weight excluding hydrogens is 580 g/mol. The highest BCUT2D eigenvalue weighted by Crippen LogP contribution is 2.19. The number of aromatic amines is 1. The zero-order valence-corrected chi connectivity index (χ0v) is 24.7. The number of nitrogens with one attached hydrogen (secondary N) is 4. The summed E-state index contributed by atoms with van der Waals surface area (Å²) >= 11 is 1.45. The number of rotatable bonds is 19. The molecule has 12 N–H and O–H groups in total. The van der Waals surface area contributed by atoms with Gasteiger partial charge < -0.3 is 48.3 Å². The second kappa shape index (κ2) is 17.6. The van der Waals surface area contributed by atoms with Crippen LogP contribution < -0.4 is 33.2 Å². The summed E-state index contributed by atoms with van der Waals surface area (Å²) in [7, 11) is 0. The summed E-state index contributed by atoms with van der Waals surface area (Å²) in [4.78, 5) is 69.4. The predicted molar refractivity (Wildman–Crippen MR) is 163 cm³/mol. The number of nitrogens with zero attached hydrogens (tertiary/aromatic N) is 1. The number of amides is 3. The molecule has 0 aliphatic rings. The summed E-state index contributed by atoms with van der Waals surface area (Å²) in [5.74, 6) is -4.24. The Labute approximate surface area is 252 Å². The molecule has 43 heavy (non-hydrogen) atoms. The highest BCUT2D eigenvalue weighted by Gasteiger charge is 2.31. The highest BCUT2D eigenvalue weighted by atomic mass is 32.2. The topological polar surface area (TPSA) is 268 Å². The Hall–Kier alpha value is -4.31. The van der Waals surface area contributed by atoms with Gasteiger partial charge in [-0.3, -0.25) is 24.2 Å². The van der Waals surface area contributed by atoms with E-state index < -0.39 is 60.2 Å². The molecule has 0 aliphatic heterocycles. The Kier molecular flexibility index (Phi) is 14.3. The molecule has 16 heteroatoms. The maximum atomic E-state index is 13.5. The van der Waals surface area contributed by atoms with Crippen LogP contribution in [-0.2, 0) is 30.4 Å². The van der Waals surface area contributed by atoms with Crippen molar-refractivity contribution in [3.63, 3.8) is 0 Å². The molecule has 0 radical (unpaired) electrons. The lowest BCUT2D eigenvalue weighted by Crippen LogP contribution is -2.57. The number of carboxylic acid groups (broad SMARTS) is 2. The molecule has 4 atom stereocenters. The SMILES string of the molecule is CSCCC(NC(=O)C(N)CCCN=C(N)N)C(=O)NC(Cc1c[nH]c2ccccc12)C(=O)NC(CCC(=O)O)C(=O)O. The molecule has 15 nitrogen and oxygen atoms in total. The number of para-hydroxylation sites is 1. The van der Waals surface area contributed by atoms with E-state index in [2.05, 4.69) is 25.9 Å². The molecule has 0 fully saturated rings. The third kappa shape index (κ3) is 11.8. The summed E-state index contributed by atoms with van der Waals surface area (Å²) in [5.41, 5.74) is 18.1. The number of hydrogen-bond acceptors (Lipinski definition) is 8. The van der Waals surface area contributed by atoms with Crippen LogP contribution in [0.1, 0.15) is 37.7 Å². The van der Waals surface area contributed by atoms with Gasteiger partial charge in [-0.05, 0) is 49.3 Å². The second-order valence-electron chi connectivity index (χ2n) is 9.85. The minimum atomic E-state index is -1.49. The van der Waals surface area contributed by atoms with Crippen molar-refractivity contribution >= 4 is 58.3 Å². The van der Waals surface area contributed by atoms with Crippen LogP contribution in [0.5, 0.6) is 0 Å². The van der Waals surface area contributed by atoms with E-state index in [1.165, 1.54) is 11.8 Å². The number of hydrogen-bond donors (Lipinski definition) is 9. The van der Waals surface area contributed by atoms with E-state index in [0.29, 0.717) is 17.7 Å². The number of aliphatic carboxylic acids is 2. The van der Waals surface area contributed by atoms with Gasteiger partial charge in [0.2, 0.25) is 17.7 Å². The number of thioether (sulfide) groups is 1. The third-order valence-electron chi connectivity index (χ3n) is 6.54. The van der Waals surface area contributed by atoms with Crippen LogP contribution in [0.3, 0.4) is 0 Å². The summed E-state index contributed by atoms with van der Waals surface area (Å²) in [5, 5.41) is 27.0. The molecule has 2 rings (SSSR count). The van der Waals surface area contributed by atoms with E-state index in [4.69, 9.17) is 22.3 Å². The van der Waals surface area contributed by atoms with Crippen molar-refractivity contribution in [2.45, 2.75) is 62.7 Å². The van der Waals surface area contributed by atoms with Crippen LogP contribution in [0.2, 0.25) is 0 Å². The normalized spacial score (nSPS) is 13.7. The largest absolute Gasteiger partial charge is 0.481 e. The minimum absolute atomic E-state index is 0.0135. The number of aromatic nitrogens is 1. The van der Waals surface area contributed by atoms with Gasteiger partial charge >= 0.3 is 11.9 Å². The van der Waals surface area contributed by atoms with Gasteiger partial charge in [0.05, 0.1) is 6.04 Å². The number of benzene rings is 1. The number of carboxylic acids is 2. The molecule has 0 saturated heterocycles. The maximum Gasteiger partial charge on any atom is 0.326 e. The number of fused-ring (bicyclic) bond motifs is 1.